The smallest absolute Gasteiger partial charge is 0.308 e. The van der Waals surface area contributed by atoms with Crippen LogP contribution in [0.5, 0.6) is 5.75 Å². The highest BCUT2D eigenvalue weighted by atomic mass is 16.5. The van der Waals surface area contributed by atoms with Gasteiger partial charge in [0.1, 0.15) is 18.4 Å². The van der Waals surface area contributed by atoms with Crippen molar-refractivity contribution >= 4 is 11.9 Å². The van der Waals surface area contributed by atoms with Gasteiger partial charge in [0.2, 0.25) is 0 Å². The summed E-state index contributed by atoms with van der Waals surface area (Å²) in [5.74, 6) is 0.0169. The van der Waals surface area contributed by atoms with Crippen LogP contribution in [0.1, 0.15) is 42.2 Å². The summed E-state index contributed by atoms with van der Waals surface area (Å²) in [4.78, 5) is 29.0. The Hall–Kier alpha value is -3.68. The highest BCUT2D eigenvalue weighted by Crippen LogP contribution is 2.22. The minimum absolute atomic E-state index is 0.0211. The summed E-state index contributed by atoms with van der Waals surface area (Å²) < 4.78 is 12.0. The van der Waals surface area contributed by atoms with Crippen LogP contribution in [0.2, 0.25) is 0 Å². The van der Waals surface area contributed by atoms with Gasteiger partial charge in [-0.3, -0.25) is 9.59 Å². The van der Waals surface area contributed by atoms with Crippen LogP contribution in [-0.4, -0.2) is 39.9 Å². The molecule has 0 unspecified atom stereocenters. The monoisotopic (exact) mass is 408 g/mol. The van der Waals surface area contributed by atoms with Crippen LogP contribution in [-0.2, 0) is 9.53 Å². The lowest BCUT2D eigenvalue weighted by Gasteiger charge is -2.20. The zero-order chi connectivity index (χ0) is 21.5. The van der Waals surface area contributed by atoms with Gasteiger partial charge in [0.05, 0.1) is 31.4 Å². The predicted molar refractivity (Wildman–Crippen MR) is 110 cm³/mol. The van der Waals surface area contributed by atoms with Gasteiger partial charge in [0, 0.05) is 5.56 Å². The average Bonchev–Trinajstić information content (AvgIpc) is 3.28. The maximum absolute atomic E-state index is 12.8. The lowest BCUT2D eigenvalue weighted by atomic mass is 10.0. The zero-order valence-electron chi connectivity index (χ0n) is 17.1. The van der Waals surface area contributed by atoms with Crippen molar-refractivity contribution < 1.29 is 19.1 Å². The third kappa shape index (κ3) is 5.44. The zero-order valence-corrected chi connectivity index (χ0v) is 17.1. The van der Waals surface area contributed by atoms with Gasteiger partial charge in [0.15, 0.2) is 0 Å². The summed E-state index contributed by atoms with van der Waals surface area (Å²) in [5, 5.41) is 6.99. The molecule has 0 aliphatic heterocycles. The molecule has 1 aromatic heterocycles. The Kier molecular flexibility index (Phi) is 6.79. The lowest BCUT2D eigenvalue weighted by Crippen LogP contribution is -2.31. The van der Waals surface area contributed by atoms with Crippen LogP contribution in [0.15, 0.2) is 61.2 Å². The summed E-state index contributed by atoms with van der Waals surface area (Å²) in [5.41, 5.74) is 2.04. The third-order valence-corrected chi connectivity index (χ3v) is 4.37. The molecule has 0 radical (unpaired) electrons. The number of ether oxygens (including phenoxy) is 2. The van der Waals surface area contributed by atoms with E-state index in [2.05, 4.69) is 15.4 Å². The molecule has 0 bridgehead atoms. The normalized spacial score (nSPS) is 11.7. The first kappa shape index (κ1) is 21.0. The van der Waals surface area contributed by atoms with Crippen molar-refractivity contribution in [3.8, 4) is 11.4 Å². The van der Waals surface area contributed by atoms with E-state index < -0.39 is 6.04 Å². The maximum atomic E-state index is 12.8. The van der Waals surface area contributed by atoms with Gasteiger partial charge in [-0.2, -0.15) is 5.10 Å². The molecule has 156 valence electrons. The number of nitrogens with one attached hydrogen (secondary N) is 1. The first-order chi connectivity index (χ1) is 14.5. The number of benzene rings is 2. The van der Waals surface area contributed by atoms with Crippen LogP contribution in [0.25, 0.3) is 5.69 Å². The summed E-state index contributed by atoms with van der Waals surface area (Å²) in [6.45, 7) is 3.57. The van der Waals surface area contributed by atoms with Crippen molar-refractivity contribution in [1.82, 2.24) is 20.1 Å². The highest BCUT2D eigenvalue weighted by Gasteiger charge is 2.21. The van der Waals surface area contributed by atoms with E-state index in [0.29, 0.717) is 11.3 Å². The van der Waals surface area contributed by atoms with Gasteiger partial charge in [-0.1, -0.05) is 12.1 Å². The Morgan fingerprint density at radius 3 is 2.33 bits per heavy atom. The molecule has 1 atom stereocenters. The topological polar surface area (TPSA) is 95.3 Å². The molecule has 8 heteroatoms. The molecule has 3 aromatic rings. The van der Waals surface area contributed by atoms with E-state index in [1.165, 1.54) is 6.33 Å². The largest absolute Gasteiger partial charge is 0.497 e. The SMILES string of the molecule is COc1ccc([C@H](CC(=O)OC(C)C)NC(=O)c2ccc(-n3cncn3)cc2)cc1. The Balaban J connectivity index is 1.76. The van der Waals surface area contributed by atoms with Gasteiger partial charge in [-0.25, -0.2) is 9.67 Å². The van der Waals surface area contributed by atoms with E-state index in [9.17, 15) is 9.59 Å². The molecule has 8 nitrogen and oxygen atoms in total. The standard InChI is InChI=1S/C22H24N4O4/c1-15(2)30-21(27)12-20(16-6-10-19(29-3)11-7-16)25-22(28)17-4-8-18(9-5-17)26-14-23-13-24-26/h4-11,13-15,20H,12H2,1-3H3,(H,25,28)/t20-/m0/s1. The molecule has 0 saturated carbocycles. The van der Waals surface area contributed by atoms with Crippen molar-refractivity contribution in [1.29, 1.82) is 0 Å². The van der Waals surface area contributed by atoms with Gasteiger partial charge in [-0.15, -0.1) is 0 Å². The van der Waals surface area contributed by atoms with Crippen LogP contribution < -0.4 is 10.1 Å². The molecule has 2 aromatic carbocycles. The molecule has 0 saturated heterocycles. The average molecular weight is 408 g/mol. The van der Waals surface area contributed by atoms with E-state index in [1.807, 2.05) is 12.1 Å². The van der Waals surface area contributed by atoms with E-state index in [1.54, 1.807) is 68.4 Å². The molecule has 1 N–H and O–H groups in total. The minimum Gasteiger partial charge on any atom is -0.497 e. The molecule has 1 amide bonds. The van der Waals surface area contributed by atoms with Gasteiger partial charge >= 0.3 is 5.97 Å². The lowest BCUT2D eigenvalue weighted by molar-refractivity contribution is -0.147. The second-order valence-electron chi connectivity index (χ2n) is 6.93. The number of hydrogen-bond donors (Lipinski definition) is 1. The van der Waals surface area contributed by atoms with E-state index >= 15 is 0 Å². The number of esters is 1. The molecule has 0 fully saturated rings. The van der Waals surface area contributed by atoms with E-state index in [4.69, 9.17) is 9.47 Å². The van der Waals surface area contributed by atoms with Crippen molar-refractivity contribution in [2.75, 3.05) is 7.11 Å². The predicted octanol–water partition coefficient (Wildman–Crippen LogP) is 3.09. The molecule has 30 heavy (non-hydrogen) atoms. The quantitative estimate of drug-likeness (QED) is 0.576. The molecule has 3 rings (SSSR count). The van der Waals surface area contributed by atoms with Crippen LogP contribution >= 0.6 is 0 Å². The number of carbonyl (C=O) groups is 2. The number of rotatable bonds is 8. The second-order valence-corrected chi connectivity index (χ2v) is 6.93. The molecule has 0 spiro atoms. The summed E-state index contributed by atoms with van der Waals surface area (Å²) in [7, 11) is 1.58. The maximum Gasteiger partial charge on any atom is 0.308 e. The van der Waals surface area contributed by atoms with Crippen LogP contribution in [0.3, 0.4) is 0 Å². The third-order valence-electron chi connectivity index (χ3n) is 4.37. The molecule has 0 aliphatic carbocycles. The fourth-order valence-corrected chi connectivity index (χ4v) is 2.91. The van der Waals surface area contributed by atoms with Crippen LogP contribution in [0.4, 0.5) is 0 Å². The Labute approximate surface area is 174 Å². The number of hydrogen-bond acceptors (Lipinski definition) is 6. The van der Waals surface area contributed by atoms with E-state index in [0.717, 1.165) is 11.3 Å². The molecule has 1 heterocycles. The number of carbonyl (C=O) groups excluding carboxylic acids is 2. The van der Waals surface area contributed by atoms with Crippen molar-refractivity contribution in [3.63, 3.8) is 0 Å². The van der Waals surface area contributed by atoms with Crippen molar-refractivity contribution in [3.05, 3.63) is 72.3 Å². The fraction of sp³-hybridized carbons (Fsp3) is 0.273. The number of amides is 1. The molecular weight excluding hydrogens is 384 g/mol. The van der Waals surface area contributed by atoms with Crippen molar-refractivity contribution in [2.24, 2.45) is 0 Å². The van der Waals surface area contributed by atoms with Gasteiger partial charge in [0.25, 0.3) is 5.91 Å². The number of aromatic nitrogens is 3. The summed E-state index contributed by atoms with van der Waals surface area (Å²) in [6.07, 6.45) is 2.81. The van der Waals surface area contributed by atoms with E-state index in [-0.39, 0.29) is 24.4 Å². The minimum atomic E-state index is -0.537. The Morgan fingerprint density at radius 1 is 1.07 bits per heavy atom. The highest BCUT2D eigenvalue weighted by molar-refractivity contribution is 5.94. The van der Waals surface area contributed by atoms with Crippen LogP contribution in [0, 0.1) is 0 Å². The fourth-order valence-electron chi connectivity index (χ4n) is 2.91. The number of methoxy groups -OCH3 is 1. The Bertz CT molecular complexity index is 967. The number of nitrogens with zero attached hydrogens (tertiary/aromatic N) is 3. The molecule has 0 aliphatic rings. The summed E-state index contributed by atoms with van der Waals surface area (Å²) >= 11 is 0. The second kappa shape index (κ2) is 9.69. The first-order valence-corrected chi connectivity index (χ1v) is 9.55. The van der Waals surface area contributed by atoms with Gasteiger partial charge < -0.3 is 14.8 Å². The molecular formula is C22H24N4O4. The first-order valence-electron chi connectivity index (χ1n) is 9.55. The summed E-state index contributed by atoms with van der Waals surface area (Å²) in [6, 6.07) is 13.6. The van der Waals surface area contributed by atoms with Crippen molar-refractivity contribution in [2.45, 2.75) is 32.4 Å². The Morgan fingerprint density at radius 2 is 1.77 bits per heavy atom. The van der Waals surface area contributed by atoms with Gasteiger partial charge in [-0.05, 0) is 55.8 Å².